The Bertz CT molecular complexity index is 867. The summed E-state index contributed by atoms with van der Waals surface area (Å²) >= 11 is 0. The van der Waals surface area contributed by atoms with E-state index >= 15 is 0 Å². The van der Waals surface area contributed by atoms with Crippen LogP contribution >= 0.6 is 0 Å². The van der Waals surface area contributed by atoms with Gasteiger partial charge in [-0.25, -0.2) is 0 Å². The van der Waals surface area contributed by atoms with Crippen molar-refractivity contribution in [2.75, 3.05) is 13.2 Å². The second kappa shape index (κ2) is 6.13. The lowest BCUT2D eigenvalue weighted by molar-refractivity contribution is 0.0671. The number of amides is 1. The third kappa shape index (κ3) is 2.59. The molecule has 1 atom stereocenters. The lowest BCUT2D eigenvalue weighted by Crippen LogP contribution is -2.37. The molecule has 1 aromatic carbocycles. The molecule has 3 heterocycles. The molecule has 0 unspecified atom stereocenters. The number of hydrogen-bond acceptors (Lipinski definition) is 3. The first kappa shape index (κ1) is 15.0. The van der Waals surface area contributed by atoms with Gasteiger partial charge in [0.05, 0.1) is 24.9 Å². The molecule has 0 spiro atoms. The van der Waals surface area contributed by atoms with E-state index in [9.17, 15) is 9.90 Å². The Morgan fingerprint density at radius 3 is 3.08 bits per heavy atom. The Morgan fingerprint density at radius 1 is 1.33 bits per heavy atom. The predicted molar refractivity (Wildman–Crippen MR) is 90.8 cm³/mol. The molecule has 0 bridgehead atoms. The van der Waals surface area contributed by atoms with Crippen LogP contribution in [0.2, 0.25) is 0 Å². The summed E-state index contributed by atoms with van der Waals surface area (Å²) in [6, 6.07) is 12.0. The van der Waals surface area contributed by atoms with E-state index in [1.807, 2.05) is 24.4 Å². The number of H-pyrrole nitrogens is 1. The zero-order chi connectivity index (χ0) is 16.5. The maximum atomic E-state index is 12.6. The molecule has 2 aromatic heterocycles. The highest BCUT2D eigenvalue weighted by Gasteiger charge is 2.30. The van der Waals surface area contributed by atoms with Gasteiger partial charge < -0.3 is 14.6 Å². The van der Waals surface area contributed by atoms with Gasteiger partial charge in [-0.15, -0.1) is 0 Å². The fourth-order valence-corrected chi connectivity index (χ4v) is 3.45. The highest BCUT2D eigenvalue weighted by atomic mass is 16.3. The molecule has 6 heteroatoms. The predicted octanol–water partition coefficient (Wildman–Crippen LogP) is 2.01. The lowest BCUT2D eigenvalue weighted by atomic mass is 10.2. The van der Waals surface area contributed by atoms with Gasteiger partial charge >= 0.3 is 0 Å². The molecular weight excluding hydrogens is 304 g/mol. The maximum Gasteiger partial charge on any atom is 0.274 e. The van der Waals surface area contributed by atoms with Gasteiger partial charge in [-0.05, 0) is 36.4 Å². The quantitative estimate of drug-likeness (QED) is 0.771. The van der Waals surface area contributed by atoms with Gasteiger partial charge in [-0.3, -0.25) is 9.89 Å². The second-order valence-corrected chi connectivity index (χ2v) is 6.26. The van der Waals surface area contributed by atoms with E-state index in [4.69, 9.17) is 0 Å². The number of aliphatic hydroxyl groups is 1. The number of para-hydroxylation sites is 1. The molecule has 1 saturated heterocycles. The van der Waals surface area contributed by atoms with Crippen LogP contribution in [0.1, 0.15) is 29.0 Å². The van der Waals surface area contributed by atoms with Crippen LogP contribution in [0.3, 0.4) is 0 Å². The smallest absolute Gasteiger partial charge is 0.274 e. The second-order valence-electron chi connectivity index (χ2n) is 6.26. The first-order valence-corrected chi connectivity index (χ1v) is 8.26. The number of likely N-dealkylation sites (tertiary alicyclic amines) is 1. The van der Waals surface area contributed by atoms with Gasteiger partial charge in [0.25, 0.3) is 5.91 Å². The number of benzene rings is 1. The average molecular weight is 324 g/mol. The Labute approximate surface area is 139 Å². The summed E-state index contributed by atoms with van der Waals surface area (Å²) in [6.45, 7) is 1.34. The highest BCUT2D eigenvalue weighted by Crippen LogP contribution is 2.20. The number of aromatic nitrogens is 3. The third-order valence-electron chi connectivity index (χ3n) is 4.72. The molecule has 4 rings (SSSR count). The number of nitrogens with zero attached hydrogens (tertiary/aromatic N) is 3. The minimum absolute atomic E-state index is 0.0123. The zero-order valence-electron chi connectivity index (χ0n) is 13.4. The molecule has 1 aliphatic heterocycles. The summed E-state index contributed by atoms with van der Waals surface area (Å²) in [6.07, 6.45) is 3.83. The normalized spacial score (nSPS) is 17.7. The van der Waals surface area contributed by atoms with Crippen LogP contribution in [0, 0.1) is 0 Å². The molecular formula is C18H20N4O2. The minimum Gasteiger partial charge on any atom is -0.394 e. The Balaban J connectivity index is 1.53. The fourth-order valence-electron chi connectivity index (χ4n) is 3.45. The topological polar surface area (TPSA) is 74.2 Å². The monoisotopic (exact) mass is 324 g/mol. The number of nitrogens with one attached hydrogen (secondary N) is 1. The molecule has 0 radical (unpaired) electrons. The first-order chi connectivity index (χ1) is 11.8. The van der Waals surface area contributed by atoms with Gasteiger partial charge in [0.1, 0.15) is 5.69 Å². The van der Waals surface area contributed by atoms with Crippen molar-refractivity contribution in [3.05, 3.63) is 54.0 Å². The molecule has 2 N–H and O–H groups in total. The van der Waals surface area contributed by atoms with E-state index in [0.29, 0.717) is 18.8 Å². The number of rotatable bonds is 4. The number of aliphatic hydroxyl groups excluding tert-OH is 1. The van der Waals surface area contributed by atoms with E-state index in [1.54, 1.807) is 4.90 Å². The summed E-state index contributed by atoms with van der Waals surface area (Å²) in [7, 11) is 0. The van der Waals surface area contributed by atoms with Gasteiger partial charge in [0, 0.05) is 18.3 Å². The Kier molecular flexibility index (Phi) is 3.82. The van der Waals surface area contributed by atoms with Crippen molar-refractivity contribution < 1.29 is 9.90 Å². The summed E-state index contributed by atoms with van der Waals surface area (Å²) in [5.74, 6) is -0.105. The van der Waals surface area contributed by atoms with Gasteiger partial charge in [-0.2, -0.15) is 5.10 Å². The van der Waals surface area contributed by atoms with Crippen molar-refractivity contribution in [2.24, 2.45) is 0 Å². The van der Waals surface area contributed by atoms with Crippen LogP contribution in [0.5, 0.6) is 0 Å². The molecule has 6 nitrogen and oxygen atoms in total. The number of carbonyl (C=O) groups is 1. The third-order valence-corrected chi connectivity index (χ3v) is 4.72. The van der Waals surface area contributed by atoms with Crippen molar-refractivity contribution in [2.45, 2.75) is 25.4 Å². The van der Waals surface area contributed by atoms with E-state index in [1.165, 1.54) is 5.39 Å². The number of aromatic amines is 1. The van der Waals surface area contributed by atoms with Gasteiger partial charge in [0.15, 0.2) is 0 Å². The standard InChI is InChI=1S/C18H20N4O2/c23-12-15-5-3-8-22(15)18(24)16-10-14(19-20-16)11-21-9-7-13-4-1-2-6-17(13)21/h1-2,4,6-7,9-10,15,23H,3,5,8,11-12H2,(H,19,20)/t15-/m0/s1. The average Bonchev–Trinajstić information content (AvgIpc) is 3.34. The molecule has 24 heavy (non-hydrogen) atoms. The molecule has 1 amide bonds. The van der Waals surface area contributed by atoms with Crippen molar-refractivity contribution in [1.29, 1.82) is 0 Å². The Hall–Kier alpha value is -2.60. The molecule has 1 fully saturated rings. The zero-order valence-corrected chi connectivity index (χ0v) is 13.4. The number of hydrogen-bond donors (Lipinski definition) is 2. The maximum absolute atomic E-state index is 12.6. The fraction of sp³-hybridized carbons (Fsp3) is 0.333. The van der Waals surface area contributed by atoms with Crippen molar-refractivity contribution >= 4 is 16.8 Å². The molecule has 1 aliphatic rings. The van der Waals surface area contributed by atoms with Crippen LogP contribution in [-0.4, -0.2) is 49.9 Å². The van der Waals surface area contributed by atoms with Crippen LogP contribution < -0.4 is 0 Å². The van der Waals surface area contributed by atoms with E-state index < -0.39 is 0 Å². The highest BCUT2D eigenvalue weighted by molar-refractivity contribution is 5.92. The molecule has 3 aromatic rings. The summed E-state index contributed by atoms with van der Waals surface area (Å²) in [5.41, 5.74) is 2.46. The SMILES string of the molecule is O=C(c1cc(Cn2ccc3ccccc32)[nH]n1)N1CCC[C@H]1CO. The van der Waals surface area contributed by atoms with E-state index in [0.717, 1.165) is 24.1 Å². The van der Waals surface area contributed by atoms with Crippen molar-refractivity contribution in [3.8, 4) is 0 Å². The number of carbonyl (C=O) groups excluding carboxylic acids is 1. The van der Waals surface area contributed by atoms with Gasteiger partial charge in [-0.1, -0.05) is 18.2 Å². The Morgan fingerprint density at radius 2 is 2.21 bits per heavy atom. The van der Waals surface area contributed by atoms with Crippen LogP contribution in [0.4, 0.5) is 0 Å². The summed E-state index contributed by atoms with van der Waals surface area (Å²) < 4.78 is 2.13. The van der Waals surface area contributed by atoms with Crippen LogP contribution in [-0.2, 0) is 6.54 Å². The molecule has 0 saturated carbocycles. The summed E-state index contributed by atoms with van der Waals surface area (Å²) in [4.78, 5) is 14.3. The van der Waals surface area contributed by atoms with Crippen LogP contribution in [0.25, 0.3) is 10.9 Å². The number of fused-ring (bicyclic) bond motifs is 1. The largest absolute Gasteiger partial charge is 0.394 e. The van der Waals surface area contributed by atoms with Crippen molar-refractivity contribution in [3.63, 3.8) is 0 Å². The molecule has 0 aliphatic carbocycles. The van der Waals surface area contributed by atoms with E-state index in [-0.39, 0.29) is 18.6 Å². The lowest BCUT2D eigenvalue weighted by Gasteiger charge is -2.21. The van der Waals surface area contributed by atoms with Gasteiger partial charge in [0.2, 0.25) is 0 Å². The van der Waals surface area contributed by atoms with E-state index in [2.05, 4.69) is 33.0 Å². The minimum atomic E-state index is -0.105. The molecule has 124 valence electrons. The van der Waals surface area contributed by atoms with Crippen molar-refractivity contribution in [1.82, 2.24) is 19.7 Å². The van der Waals surface area contributed by atoms with Crippen LogP contribution in [0.15, 0.2) is 42.6 Å². The first-order valence-electron chi connectivity index (χ1n) is 8.26. The summed E-state index contributed by atoms with van der Waals surface area (Å²) in [5, 5.41) is 17.7.